The van der Waals surface area contributed by atoms with Gasteiger partial charge in [-0.05, 0) is 12.3 Å². The molecule has 19 heavy (non-hydrogen) atoms. The molecule has 0 saturated heterocycles. The Morgan fingerprint density at radius 2 is 2.21 bits per heavy atom. The summed E-state index contributed by atoms with van der Waals surface area (Å²) in [5.74, 6) is 0.646. The van der Waals surface area contributed by atoms with Crippen LogP contribution >= 0.6 is 12.4 Å². The molecule has 1 rings (SSSR count). The van der Waals surface area contributed by atoms with E-state index in [4.69, 9.17) is 5.73 Å². The summed E-state index contributed by atoms with van der Waals surface area (Å²) in [5.41, 5.74) is 5.48. The van der Waals surface area contributed by atoms with Crippen LogP contribution in [0.25, 0.3) is 0 Å². The SMILES string of the molecule is CCC(C)C(N)C(=O)NCCCc1n[nH]c(=O)[nH]1.Cl. The van der Waals surface area contributed by atoms with Gasteiger partial charge in [0, 0.05) is 13.0 Å². The number of carbonyl (C=O) groups is 1. The van der Waals surface area contributed by atoms with Crippen LogP contribution in [-0.4, -0.2) is 33.7 Å². The minimum atomic E-state index is -0.458. The van der Waals surface area contributed by atoms with Gasteiger partial charge in [0.25, 0.3) is 0 Å². The Labute approximate surface area is 118 Å². The molecule has 0 fully saturated rings. The third-order valence-corrected chi connectivity index (χ3v) is 3.00. The number of halogens is 1. The Balaban J connectivity index is 0.00000324. The van der Waals surface area contributed by atoms with Crippen molar-refractivity contribution in [1.29, 1.82) is 0 Å². The molecule has 0 saturated carbocycles. The van der Waals surface area contributed by atoms with Crippen molar-refractivity contribution in [2.75, 3.05) is 6.54 Å². The second-order valence-electron chi connectivity index (χ2n) is 4.43. The van der Waals surface area contributed by atoms with E-state index in [1.807, 2.05) is 13.8 Å². The van der Waals surface area contributed by atoms with Gasteiger partial charge in [-0.25, -0.2) is 9.89 Å². The number of hydrogen-bond donors (Lipinski definition) is 4. The van der Waals surface area contributed by atoms with E-state index >= 15 is 0 Å². The van der Waals surface area contributed by atoms with Crippen molar-refractivity contribution in [3.05, 3.63) is 16.3 Å². The lowest BCUT2D eigenvalue weighted by molar-refractivity contribution is -0.123. The number of carbonyl (C=O) groups excluding carboxylic acids is 1. The lowest BCUT2D eigenvalue weighted by atomic mass is 9.99. The van der Waals surface area contributed by atoms with Crippen LogP contribution in [-0.2, 0) is 11.2 Å². The molecule has 0 aromatic carbocycles. The van der Waals surface area contributed by atoms with Gasteiger partial charge in [-0.3, -0.25) is 9.78 Å². The number of aromatic amines is 2. The number of aryl methyl sites for hydroxylation is 1. The summed E-state index contributed by atoms with van der Waals surface area (Å²) in [6.07, 6.45) is 2.19. The zero-order chi connectivity index (χ0) is 13.5. The monoisotopic (exact) mass is 291 g/mol. The normalized spacial score (nSPS) is 13.4. The van der Waals surface area contributed by atoms with Crippen LogP contribution in [0.2, 0.25) is 0 Å². The molecule has 0 radical (unpaired) electrons. The number of amides is 1. The van der Waals surface area contributed by atoms with Crippen LogP contribution in [0.5, 0.6) is 0 Å². The average molecular weight is 292 g/mol. The molecule has 0 spiro atoms. The number of H-pyrrole nitrogens is 2. The lowest BCUT2D eigenvalue weighted by Gasteiger charge is -2.17. The predicted octanol–water partition coefficient (Wildman–Crippen LogP) is -0.0580. The summed E-state index contributed by atoms with van der Waals surface area (Å²) in [5, 5.41) is 8.85. The van der Waals surface area contributed by atoms with Gasteiger partial charge in [-0.2, -0.15) is 5.10 Å². The first-order valence-corrected chi connectivity index (χ1v) is 6.21. The van der Waals surface area contributed by atoms with Crippen molar-refractivity contribution in [2.24, 2.45) is 11.7 Å². The molecule has 5 N–H and O–H groups in total. The first-order chi connectivity index (χ1) is 8.54. The number of nitrogens with one attached hydrogen (secondary N) is 3. The highest BCUT2D eigenvalue weighted by Crippen LogP contribution is 2.04. The maximum atomic E-state index is 11.6. The quantitative estimate of drug-likeness (QED) is 0.527. The van der Waals surface area contributed by atoms with E-state index in [1.165, 1.54) is 0 Å². The molecule has 0 aliphatic heterocycles. The minimum absolute atomic E-state index is 0. The summed E-state index contributed by atoms with van der Waals surface area (Å²) in [4.78, 5) is 25.0. The molecule has 1 aromatic rings. The van der Waals surface area contributed by atoms with Crippen molar-refractivity contribution in [1.82, 2.24) is 20.5 Å². The van der Waals surface area contributed by atoms with Gasteiger partial charge in [0.05, 0.1) is 6.04 Å². The Hall–Kier alpha value is -1.34. The van der Waals surface area contributed by atoms with E-state index in [2.05, 4.69) is 20.5 Å². The number of rotatable bonds is 7. The number of nitrogens with zero attached hydrogens (tertiary/aromatic N) is 1. The number of hydrogen-bond acceptors (Lipinski definition) is 4. The van der Waals surface area contributed by atoms with E-state index in [0.29, 0.717) is 25.2 Å². The van der Waals surface area contributed by atoms with E-state index in [1.54, 1.807) is 0 Å². The fourth-order valence-electron chi connectivity index (χ4n) is 1.52. The van der Waals surface area contributed by atoms with E-state index in [-0.39, 0.29) is 29.9 Å². The van der Waals surface area contributed by atoms with Crippen LogP contribution in [0.4, 0.5) is 0 Å². The van der Waals surface area contributed by atoms with Crippen LogP contribution in [0.1, 0.15) is 32.5 Å². The summed E-state index contributed by atoms with van der Waals surface area (Å²) in [6.45, 7) is 4.49. The molecule has 7 nitrogen and oxygen atoms in total. The first-order valence-electron chi connectivity index (χ1n) is 6.21. The van der Waals surface area contributed by atoms with Gasteiger partial charge < -0.3 is 11.1 Å². The molecule has 2 unspecified atom stereocenters. The van der Waals surface area contributed by atoms with E-state index in [9.17, 15) is 9.59 Å². The molecule has 8 heteroatoms. The van der Waals surface area contributed by atoms with Gasteiger partial charge >= 0.3 is 5.69 Å². The van der Waals surface area contributed by atoms with E-state index < -0.39 is 6.04 Å². The smallest absolute Gasteiger partial charge is 0.340 e. The first kappa shape index (κ1) is 17.7. The van der Waals surface area contributed by atoms with Crippen molar-refractivity contribution >= 4 is 18.3 Å². The topological polar surface area (TPSA) is 117 Å². The third-order valence-electron chi connectivity index (χ3n) is 3.00. The Morgan fingerprint density at radius 1 is 1.53 bits per heavy atom. The van der Waals surface area contributed by atoms with Crippen LogP contribution in [0.3, 0.4) is 0 Å². The average Bonchev–Trinajstić information content (AvgIpc) is 2.78. The minimum Gasteiger partial charge on any atom is -0.355 e. The van der Waals surface area contributed by atoms with Gasteiger partial charge in [0.15, 0.2) is 0 Å². The molecular formula is C11H22ClN5O2. The molecule has 1 aromatic heterocycles. The predicted molar refractivity (Wildman–Crippen MR) is 75.2 cm³/mol. The summed E-state index contributed by atoms with van der Waals surface area (Å²) >= 11 is 0. The second-order valence-corrected chi connectivity index (χ2v) is 4.43. The molecule has 0 aliphatic rings. The Morgan fingerprint density at radius 3 is 2.74 bits per heavy atom. The highest BCUT2D eigenvalue weighted by Gasteiger charge is 2.18. The standard InChI is InChI=1S/C11H21N5O2.ClH/c1-3-7(2)9(12)10(17)13-6-4-5-8-14-11(18)16-15-8;/h7,9H,3-6,12H2,1-2H3,(H,13,17)(H2,14,15,16,18);1H. The largest absolute Gasteiger partial charge is 0.355 e. The lowest BCUT2D eigenvalue weighted by Crippen LogP contribution is -2.44. The van der Waals surface area contributed by atoms with Crippen LogP contribution in [0, 0.1) is 5.92 Å². The van der Waals surface area contributed by atoms with Gasteiger partial charge in [-0.1, -0.05) is 20.3 Å². The number of aromatic nitrogens is 3. The zero-order valence-corrected chi connectivity index (χ0v) is 12.0. The summed E-state index contributed by atoms with van der Waals surface area (Å²) < 4.78 is 0. The molecule has 0 bridgehead atoms. The van der Waals surface area contributed by atoms with Crippen LogP contribution < -0.4 is 16.7 Å². The summed E-state index contributed by atoms with van der Waals surface area (Å²) in [7, 11) is 0. The fraction of sp³-hybridized carbons (Fsp3) is 0.727. The highest BCUT2D eigenvalue weighted by atomic mass is 35.5. The van der Waals surface area contributed by atoms with Crippen molar-refractivity contribution < 1.29 is 4.79 Å². The van der Waals surface area contributed by atoms with E-state index in [0.717, 1.165) is 6.42 Å². The number of nitrogens with two attached hydrogens (primary N) is 1. The maximum absolute atomic E-state index is 11.6. The highest BCUT2D eigenvalue weighted by molar-refractivity contribution is 5.85. The second kappa shape index (κ2) is 8.71. The van der Waals surface area contributed by atoms with Gasteiger partial charge in [0.2, 0.25) is 5.91 Å². The molecule has 2 atom stereocenters. The third kappa shape index (κ3) is 5.89. The summed E-state index contributed by atoms with van der Waals surface area (Å²) in [6, 6.07) is -0.458. The Bertz CT molecular complexity index is 431. The van der Waals surface area contributed by atoms with Crippen molar-refractivity contribution in [3.8, 4) is 0 Å². The van der Waals surface area contributed by atoms with Crippen molar-refractivity contribution in [3.63, 3.8) is 0 Å². The molecule has 110 valence electrons. The maximum Gasteiger partial charge on any atom is 0.340 e. The molecule has 0 aliphatic carbocycles. The van der Waals surface area contributed by atoms with Crippen LogP contribution in [0.15, 0.2) is 4.79 Å². The molecule has 1 heterocycles. The molecule has 1 amide bonds. The zero-order valence-electron chi connectivity index (χ0n) is 11.2. The molecular weight excluding hydrogens is 270 g/mol. The Kier molecular flexibility index (Phi) is 8.09. The fourth-order valence-corrected chi connectivity index (χ4v) is 1.52. The van der Waals surface area contributed by atoms with Crippen molar-refractivity contribution in [2.45, 2.75) is 39.2 Å². The van der Waals surface area contributed by atoms with Gasteiger partial charge in [-0.15, -0.1) is 12.4 Å². The van der Waals surface area contributed by atoms with Gasteiger partial charge in [0.1, 0.15) is 5.82 Å².